The van der Waals surface area contributed by atoms with E-state index in [1.165, 1.54) is 38.5 Å². The standard InChI is InChI=1S/C23H29N7O.C2H6/c1-15-10-25-19(11-24-15)20-21-22(30(14-26-21)16-6-4-2-3-5-7-16)28-23(27-20)29-12-17-8-9-18(13-29)31-17;1-2/h10-11,14,16-18H,2-9,12-13H2,1H3;1-2H3. The fraction of sp³-hybridized carbons (Fsp3) is 0.640. The van der Waals surface area contributed by atoms with Gasteiger partial charge in [0.25, 0.3) is 0 Å². The molecule has 6 rings (SSSR count). The van der Waals surface area contributed by atoms with Crippen molar-refractivity contribution in [2.75, 3.05) is 18.0 Å². The predicted octanol–water partition coefficient (Wildman–Crippen LogP) is 4.88. The van der Waals surface area contributed by atoms with Crippen LogP contribution >= 0.6 is 0 Å². The van der Waals surface area contributed by atoms with Gasteiger partial charge in [0, 0.05) is 25.3 Å². The zero-order chi connectivity index (χ0) is 22.8. The minimum absolute atomic E-state index is 0.285. The van der Waals surface area contributed by atoms with Crippen LogP contribution in [0.5, 0.6) is 0 Å². The SMILES string of the molecule is CC.Cc1cnc(-c2nc(N3CC4CCC(C3)O4)nc3c2ncn3C2CCCCCC2)cn1. The van der Waals surface area contributed by atoms with Crippen molar-refractivity contribution in [2.45, 2.75) is 90.4 Å². The third-order valence-corrected chi connectivity index (χ3v) is 6.98. The topological polar surface area (TPSA) is 81.9 Å². The van der Waals surface area contributed by atoms with Gasteiger partial charge in [0.05, 0.1) is 30.4 Å². The summed E-state index contributed by atoms with van der Waals surface area (Å²) in [5.74, 6) is 0.764. The Morgan fingerprint density at radius 3 is 2.24 bits per heavy atom. The molecule has 2 unspecified atom stereocenters. The smallest absolute Gasteiger partial charge is 0.228 e. The Kier molecular flexibility index (Phi) is 6.53. The van der Waals surface area contributed by atoms with Gasteiger partial charge in [0.15, 0.2) is 5.65 Å². The first-order valence-corrected chi connectivity index (χ1v) is 12.7. The quantitative estimate of drug-likeness (QED) is 0.527. The average Bonchev–Trinajstić information content (AvgIpc) is 3.31. The Morgan fingerprint density at radius 1 is 0.848 bits per heavy atom. The number of imidazole rings is 1. The van der Waals surface area contributed by atoms with E-state index in [0.717, 1.165) is 60.1 Å². The van der Waals surface area contributed by atoms with Gasteiger partial charge in [-0.15, -0.1) is 0 Å². The highest BCUT2D eigenvalue weighted by Gasteiger charge is 2.35. The number of fused-ring (bicyclic) bond motifs is 3. The minimum atomic E-state index is 0.285. The molecule has 3 aliphatic rings. The van der Waals surface area contributed by atoms with Crippen molar-refractivity contribution >= 4 is 17.1 Å². The summed E-state index contributed by atoms with van der Waals surface area (Å²) in [5.41, 5.74) is 4.17. The Labute approximate surface area is 195 Å². The largest absolute Gasteiger partial charge is 0.371 e. The maximum absolute atomic E-state index is 6.05. The van der Waals surface area contributed by atoms with Crippen LogP contribution in [0.4, 0.5) is 5.95 Å². The summed E-state index contributed by atoms with van der Waals surface area (Å²) >= 11 is 0. The molecule has 0 aromatic carbocycles. The summed E-state index contributed by atoms with van der Waals surface area (Å²) in [5, 5.41) is 0. The Hall–Kier alpha value is -2.61. The first kappa shape index (κ1) is 22.2. The van der Waals surface area contributed by atoms with E-state index in [-0.39, 0.29) is 12.2 Å². The van der Waals surface area contributed by atoms with Crippen LogP contribution in [0.25, 0.3) is 22.6 Å². The van der Waals surface area contributed by atoms with Crippen LogP contribution in [0.3, 0.4) is 0 Å². The molecule has 8 heteroatoms. The van der Waals surface area contributed by atoms with Gasteiger partial charge in [0.2, 0.25) is 5.95 Å². The molecular formula is C25H35N7O. The maximum Gasteiger partial charge on any atom is 0.228 e. The molecular weight excluding hydrogens is 414 g/mol. The van der Waals surface area contributed by atoms with Gasteiger partial charge >= 0.3 is 0 Å². The zero-order valence-electron chi connectivity index (χ0n) is 20.1. The first-order chi connectivity index (χ1) is 16.2. The highest BCUT2D eigenvalue weighted by Crippen LogP contribution is 2.34. The summed E-state index contributed by atoms with van der Waals surface area (Å²) in [4.78, 5) is 26.2. The molecule has 2 bridgehead atoms. The summed E-state index contributed by atoms with van der Waals surface area (Å²) in [6, 6.07) is 0.452. The number of aromatic nitrogens is 6. The normalized spacial score (nSPS) is 23.3. The minimum Gasteiger partial charge on any atom is -0.371 e. The second kappa shape index (κ2) is 9.71. The summed E-state index contributed by atoms with van der Waals surface area (Å²) in [6.45, 7) is 7.64. The Balaban J connectivity index is 0.00000111. The number of ether oxygens (including phenoxy) is 1. The molecule has 0 spiro atoms. The molecule has 2 saturated heterocycles. The maximum atomic E-state index is 6.05. The highest BCUT2D eigenvalue weighted by molar-refractivity contribution is 5.87. The van der Waals surface area contributed by atoms with E-state index in [1.807, 2.05) is 27.1 Å². The third kappa shape index (κ3) is 4.45. The number of rotatable bonds is 3. The molecule has 176 valence electrons. The molecule has 0 N–H and O–H groups in total. The zero-order valence-corrected chi connectivity index (χ0v) is 20.1. The fourth-order valence-corrected chi connectivity index (χ4v) is 5.32. The number of nitrogens with zero attached hydrogens (tertiary/aromatic N) is 7. The van der Waals surface area contributed by atoms with Crippen LogP contribution in [0.15, 0.2) is 18.7 Å². The van der Waals surface area contributed by atoms with Crippen molar-refractivity contribution in [1.29, 1.82) is 0 Å². The third-order valence-electron chi connectivity index (χ3n) is 6.98. The molecule has 0 amide bonds. The van der Waals surface area contributed by atoms with E-state index < -0.39 is 0 Å². The highest BCUT2D eigenvalue weighted by atomic mass is 16.5. The molecule has 8 nitrogen and oxygen atoms in total. The lowest BCUT2D eigenvalue weighted by Gasteiger charge is -2.32. The van der Waals surface area contributed by atoms with E-state index in [1.54, 1.807) is 12.4 Å². The Bertz CT molecular complexity index is 1060. The van der Waals surface area contributed by atoms with Gasteiger partial charge in [-0.05, 0) is 32.6 Å². The van der Waals surface area contributed by atoms with Crippen molar-refractivity contribution in [3.05, 3.63) is 24.4 Å². The molecule has 3 aromatic heterocycles. The van der Waals surface area contributed by atoms with Crippen LogP contribution < -0.4 is 4.90 Å². The van der Waals surface area contributed by atoms with Crippen molar-refractivity contribution in [2.24, 2.45) is 0 Å². The van der Waals surface area contributed by atoms with E-state index in [4.69, 9.17) is 19.7 Å². The van der Waals surface area contributed by atoms with Crippen molar-refractivity contribution in [3.8, 4) is 11.4 Å². The van der Waals surface area contributed by atoms with Crippen LogP contribution in [-0.2, 0) is 4.74 Å². The van der Waals surface area contributed by atoms with Crippen LogP contribution in [0.2, 0.25) is 0 Å². The van der Waals surface area contributed by atoms with Crippen molar-refractivity contribution < 1.29 is 4.74 Å². The molecule has 5 heterocycles. The molecule has 0 radical (unpaired) electrons. The van der Waals surface area contributed by atoms with E-state index in [2.05, 4.69) is 19.4 Å². The summed E-state index contributed by atoms with van der Waals surface area (Å²) in [7, 11) is 0. The second-order valence-corrected chi connectivity index (χ2v) is 9.25. The predicted molar refractivity (Wildman–Crippen MR) is 129 cm³/mol. The van der Waals surface area contributed by atoms with Gasteiger partial charge < -0.3 is 14.2 Å². The fourth-order valence-electron chi connectivity index (χ4n) is 5.32. The van der Waals surface area contributed by atoms with E-state index in [0.29, 0.717) is 6.04 Å². The van der Waals surface area contributed by atoms with Crippen LogP contribution in [0.1, 0.15) is 76.9 Å². The van der Waals surface area contributed by atoms with Gasteiger partial charge in [-0.3, -0.25) is 9.97 Å². The molecule has 3 aromatic rings. The lowest BCUT2D eigenvalue weighted by Crippen LogP contribution is -2.43. The van der Waals surface area contributed by atoms with Crippen LogP contribution in [0, 0.1) is 6.92 Å². The first-order valence-electron chi connectivity index (χ1n) is 12.7. The Morgan fingerprint density at radius 2 is 1.58 bits per heavy atom. The monoisotopic (exact) mass is 449 g/mol. The molecule has 1 saturated carbocycles. The molecule has 33 heavy (non-hydrogen) atoms. The average molecular weight is 450 g/mol. The van der Waals surface area contributed by atoms with Crippen molar-refractivity contribution in [3.63, 3.8) is 0 Å². The number of anilines is 1. The van der Waals surface area contributed by atoms with Gasteiger partial charge in [-0.25, -0.2) is 9.97 Å². The second-order valence-electron chi connectivity index (χ2n) is 9.25. The van der Waals surface area contributed by atoms with Crippen molar-refractivity contribution in [1.82, 2.24) is 29.5 Å². The van der Waals surface area contributed by atoms with E-state index >= 15 is 0 Å². The lowest BCUT2D eigenvalue weighted by molar-refractivity contribution is 0.0299. The number of hydrogen-bond acceptors (Lipinski definition) is 7. The van der Waals surface area contributed by atoms with Gasteiger partial charge in [0.1, 0.15) is 16.9 Å². The number of aryl methyl sites for hydroxylation is 1. The van der Waals surface area contributed by atoms with E-state index in [9.17, 15) is 0 Å². The van der Waals surface area contributed by atoms with Gasteiger partial charge in [-0.1, -0.05) is 39.5 Å². The molecule has 2 atom stereocenters. The molecule has 3 fully saturated rings. The number of hydrogen-bond donors (Lipinski definition) is 0. The lowest BCUT2D eigenvalue weighted by atomic mass is 10.1. The molecule has 2 aliphatic heterocycles. The molecule has 1 aliphatic carbocycles. The van der Waals surface area contributed by atoms with Gasteiger partial charge in [-0.2, -0.15) is 4.98 Å². The number of morpholine rings is 1. The summed E-state index contributed by atoms with van der Waals surface area (Å²) < 4.78 is 8.34. The van der Waals surface area contributed by atoms with Crippen LogP contribution in [-0.4, -0.2) is 54.8 Å². The summed E-state index contributed by atoms with van der Waals surface area (Å²) in [6.07, 6.45) is 15.9.